The molecule has 1 aliphatic heterocycles. The van der Waals surface area contributed by atoms with Crippen LogP contribution in [0.1, 0.15) is 47.6 Å². The van der Waals surface area contributed by atoms with Gasteiger partial charge in [-0.2, -0.15) is 10.2 Å². The highest BCUT2D eigenvalue weighted by Crippen LogP contribution is 2.32. The largest absolute Gasteiger partial charge is 0.379 e. The minimum Gasteiger partial charge on any atom is -0.379 e. The summed E-state index contributed by atoms with van der Waals surface area (Å²) in [5, 5.41) is 16.2. The predicted octanol–water partition coefficient (Wildman–Crippen LogP) is 1.25. The van der Waals surface area contributed by atoms with Crippen molar-refractivity contribution in [1.29, 1.82) is 0 Å². The highest BCUT2D eigenvalue weighted by atomic mass is 16.5. The van der Waals surface area contributed by atoms with E-state index in [4.69, 9.17) is 4.74 Å². The van der Waals surface area contributed by atoms with Crippen molar-refractivity contribution in [1.82, 2.24) is 30.1 Å². The van der Waals surface area contributed by atoms with Crippen molar-refractivity contribution >= 4 is 5.91 Å². The Hall–Kier alpha value is -2.35. The molecule has 2 aliphatic rings. The predicted molar refractivity (Wildman–Crippen MR) is 88.8 cm³/mol. The Labute approximate surface area is 146 Å². The molecule has 2 aromatic rings. The molecule has 3 heterocycles. The zero-order valence-corrected chi connectivity index (χ0v) is 14.3. The van der Waals surface area contributed by atoms with Crippen molar-refractivity contribution in [3.05, 3.63) is 35.4 Å². The number of amides is 1. The summed E-state index contributed by atoms with van der Waals surface area (Å²) in [6, 6.07) is 1.49. The molecular weight excluding hydrogens is 320 g/mol. The Morgan fingerprint density at radius 1 is 1.32 bits per heavy atom. The highest BCUT2D eigenvalue weighted by molar-refractivity contribution is 5.94. The Bertz CT molecular complexity index is 743. The van der Waals surface area contributed by atoms with Crippen molar-refractivity contribution in [2.75, 3.05) is 19.8 Å². The van der Waals surface area contributed by atoms with Crippen LogP contribution in [-0.2, 0) is 17.7 Å². The fourth-order valence-electron chi connectivity index (χ4n) is 3.27. The summed E-state index contributed by atoms with van der Waals surface area (Å²) in [6.07, 6.45) is 6.28. The van der Waals surface area contributed by atoms with Gasteiger partial charge in [-0.1, -0.05) is 5.21 Å². The average molecular weight is 342 g/mol. The molecule has 25 heavy (non-hydrogen) atoms. The van der Waals surface area contributed by atoms with Gasteiger partial charge in [-0.3, -0.25) is 4.79 Å². The second kappa shape index (κ2) is 6.87. The fourth-order valence-corrected chi connectivity index (χ4v) is 3.27. The monoisotopic (exact) mass is 342 g/mol. The van der Waals surface area contributed by atoms with Gasteiger partial charge in [0.1, 0.15) is 11.7 Å². The summed E-state index contributed by atoms with van der Waals surface area (Å²) in [4.78, 5) is 14.8. The quantitative estimate of drug-likeness (QED) is 0.785. The van der Waals surface area contributed by atoms with Crippen molar-refractivity contribution in [2.24, 2.45) is 5.92 Å². The molecule has 8 nitrogen and oxygen atoms in total. The molecule has 0 bridgehead atoms. The number of aryl methyl sites for hydroxylation is 1. The average Bonchev–Trinajstić information content (AvgIpc) is 3.38. The zero-order valence-electron chi connectivity index (χ0n) is 14.3. The molecule has 1 unspecified atom stereocenters. The molecule has 2 aromatic heterocycles. The molecule has 1 saturated carbocycles. The lowest BCUT2D eigenvalue weighted by molar-refractivity contribution is 0.0354. The summed E-state index contributed by atoms with van der Waals surface area (Å²) in [5.41, 5.74) is 2.51. The van der Waals surface area contributed by atoms with E-state index in [1.807, 2.05) is 16.5 Å². The third kappa shape index (κ3) is 3.26. The minimum atomic E-state index is -0.205. The Balaban J connectivity index is 1.58. The molecule has 0 spiro atoms. The SMILES string of the molecule is CCn1nnc2c1CCN(C(=O)c1ccnnc1)C2COCC1CC1. The normalized spacial score (nSPS) is 19.7. The molecule has 0 saturated heterocycles. The standard InChI is InChI=1S/C17H22N6O2/c1-2-23-14-6-8-22(17(24)13-5-7-18-19-9-13)15(16(14)20-21-23)11-25-10-12-3-4-12/h5,7,9,12,15H,2-4,6,8,10-11H2,1H3. The van der Waals surface area contributed by atoms with Gasteiger partial charge in [0.05, 0.1) is 30.3 Å². The van der Waals surface area contributed by atoms with E-state index in [-0.39, 0.29) is 11.9 Å². The topological polar surface area (TPSA) is 86.0 Å². The van der Waals surface area contributed by atoms with Gasteiger partial charge in [0.2, 0.25) is 0 Å². The molecular formula is C17H22N6O2. The van der Waals surface area contributed by atoms with Gasteiger partial charge in [-0.15, -0.1) is 5.10 Å². The van der Waals surface area contributed by atoms with Gasteiger partial charge in [0.15, 0.2) is 0 Å². The van der Waals surface area contributed by atoms with Crippen LogP contribution in [0.5, 0.6) is 0 Å². The highest BCUT2D eigenvalue weighted by Gasteiger charge is 2.36. The number of nitrogens with zero attached hydrogens (tertiary/aromatic N) is 6. The van der Waals surface area contributed by atoms with Crippen LogP contribution in [0, 0.1) is 5.92 Å². The number of carbonyl (C=O) groups is 1. The van der Waals surface area contributed by atoms with Crippen LogP contribution in [0.15, 0.2) is 18.5 Å². The van der Waals surface area contributed by atoms with Gasteiger partial charge >= 0.3 is 0 Å². The van der Waals surface area contributed by atoms with E-state index >= 15 is 0 Å². The smallest absolute Gasteiger partial charge is 0.256 e. The maximum Gasteiger partial charge on any atom is 0.256 e. The van der Waals surface area contributed by atoms with Gasteiger partial charge in [0.25, 0.3) is 5.91 Å². The van der Waals surface area contributed by atoms with E-state index in [1.54, 1.807) is 6.07 Å². The maximum atomic E-state index is 13.0. The van der Waals surface area contributed by atoms with E-state index in [1.165, 1.54) is 25.2 Å². The van der Waals surface area contributed by atoms with E-state index < -0.39 is 0 Å². The van der Waals surface area contributed by atoms with E-state index in [0.717, 1.165) is 31.0 Å². The van der Waals surface area contributed by atoms with Crippen molar-refractivity contribution in [3.63, 3.8) is 0 Å². The summed E-state index contributed by atoms with van der Waals surface area (Å²) in [6.45, 7) is 4.66. The molecule has 1 fully saturated rings. The number of rotatable bonds is 6. The molecule has 8 heteroatoms. The van der Waals surface area contributed by atoms with Crippen LogP contribution < -0.4 is 0 Å². The maximum absolute atomic E-state index is 13.0. The third-order valence-corrected chi connectivity index (χ3v) is 4.87. The van der Waals surface area contributed by atoms with Crippen molar-refractivity contribution < 1.29 is 9.53 Å². The molecule has 0 radical (unpaired) electrons. The van der Waals surface area contributed by atoms with Crippen LogP contribution >= 0.6 is 0 Å². The summed E-state index contributed by atoms with van der Waals surface area (Å²) >= 11 is 0. The number of fused-ring (bicyclic) bond motifs is 1. The molecule has 0 aromatic carbocycles. The van der Waals surface area contributed by atoms with Crippen LogP contribution in [0.4, 0.5) is 0 Å². The first-order valence-electron chi connectivity index (χ1n) is 8.85. The van der Waals surface area contributed by atoms with E-state index in [2.05, 4.69) is 20.5 Å². The lowest BCUT2D eigenvalue weighted by atomic mass is 10.0. The fraction of sp³-hybridized carbons (Fsp3) is 0.588. The molecule has 0 N–H and O–H groups in total. The van der Waals surface area contributed by atoms with Crippen LogP contribution in [0.2, 0.25) is 0 Å². The Morgan fingerprint density at radius 2 is 2.20 bits per heavy atom. The van der Waals surface area contributed by atoms with Gasteiger partial charge in [-0.25, -0.2) is 4.68 Å². The first kappa shape index (κ1) is 16.1. The van der Waals surface area contributed by atoms with Crippen molar-refractivity contribution in [3.8, 4) is 0 Å². The van der Waals surface area contributed by atoms with Gasteiger partial charge < -0.3 is 9.64 Å². The van der Waals surface area contributed by atoms with Crippen LogP contribution in [0.25, 0.3) is 0 Å². The summed E-state index contributed by atoms with van der Waals surface area (Å²) in [5.74, 6) is 0.620. The first-order chi connectivity index (χ1) is 12.3. The first-order valence-corrected chi connectivity index (χ1v) is 8.85. The molecule has 1 atom stereocenters. The number of hydrogen-bond donors (Lipinski definition) is 0. The Morgan fingerprint density at radius 3 is 2.92 bits per heavy atom. The third-order valence-electron chi connectivity index (χ3n) is 4.87. The van der Waals surface area contributed by atoms with E-state index in [0.29, 0.717) is 24.6 Å². The van der Waals surface area contributed by atoms with Crippen molar-refractivity contribution in [2.45, 2.75) is 38.8 Å². The number of aromatic nitrogens is 5. The molecule has 1 amide bonds. The molecule has 1 aliphatic carbocycles. The second-order valence-corrected chi connectivity index (χ2v) is 6.61. The summed E-state index contributed by atoms with van der Waals surface area (Å²) in [7, 11) is 0. The van der Waals surface area contributed by atoms with E-state index in [9.17, 15) is 4.79 Å². The Kier molecular flexibility index (Phi) is 4.44. The van der Waals surface area contributed by atoms with Crippen LogP contribution in [0.3, 0.4) is 0 Å². The van der Waals surface area contributed by atoms with Crippen LogP contribution in [-0.4, -0.2) is 55.8 Å². The number of ether oxygens (including phenoxy) is 1. The summed E-state index contributed by atoms with van der Waals surface area (Å²) < 4.78 is 7.83. The second-order valence-electron chi connectivity index (χ2n) is 6.61. The lowest BCUT2D eigenvalue weighted by Crippen LogP contribution is -2.42. The molecule has 4 rings (SSSR count). The van der Waals surface area contributed by atoms with Gasteiger partial charge in [-0.05, 0) is 31.7 Å². The minimum absolute atomic E-state index is 0.0633. The zero-order chi connectivity index (χ0) is 17.2. The molecule has 132 valence electrons. The number of carbonyl (C=O) groups excluding carboxylic acids is 1. The lowest BCUT2D eigenvalue weighted by Gasteiger charge is -2.34. The number of hydrogen-bond acceptors (Lipinski definition) is 6. The van der Waals surface area contributed by atoms with Gasteiger partial charge in [0, 0.05) is 26.1 Å².